The minimum atomic E-state index is -0.267. The molecule has 0 heterocycles. The van der Waals surface area contributed by atoms with Crippen LogP contribution in [0.2, 0.25) is 0 Å². The van der Waals surface area contributed by atoms with Gasteiger partial charge in [0, 0.05) is 0 Å². The normalized spacial score (nSPS) is 13.8. The molecular weight excluding hydrogens is 437 g/mol. The van der Waals surface area contributed by atoms with Crippen molar-refractivity contribution in [1.82, 2.24) is 0 Å². The molecule has 0 bridgehead atoms. The molecule has 0 fully saturated rings. The van der Waals surface area contributed by atoms with E-state index in [1.165, 1.54) is 11.1 Å². The van der Waals surface area contributed by atoms with Crippen LogP contribution >= 0.6 is 0 Å². The predicted molar refractivity (Wildman–Crippen MR) is 163 cm³/mol. The molecular formula is C32H48BN3. The molecule has 0 amide bonds. The van der Waals surface area contributed by atoms with Crippen molar-refractivity contribution in [3.63, 3.8) is 0 Å². The van der Waals surface area contributed by atoms with Gasteiger partial charge < -0.3 is 0 Å². The van der Waals surface area contributed by atoms with Gasteiger partial charge in [-0.25, -0.2) is 0 Å². The van der Waals surface area contributed by atoms with Crippen molar-refractivity contribution >= 4 is 24.4 Å². The predicted octanol–water partition coefficient (Wildman–Crippen LogP) is 8.28. The Bertz CT molecular complexity index is 1100. The van der Waals surface area contributed by atoms with Crippen molar-refractivity contribution < 1.29 is 0 Å². The van der Waals surface area contributed by atoms with E-state index < -0.39 is 0 Å². The summed E-state index contributed by atoms with van der Waals surface area (Å²) in [5.74, 6) is 0.391. The van der Waals surface area contributed by atoms with Gasteiger partial charge in [-0.15, -0.1) is 0 Å². The molecule has 36 heavy (non-hydrogen) atoms. The fourth-order valence-corrected chi connectivity index (χ4v) is 4.06. The molecule has 0 radical (unpaired) electrons. The van der Waals surface area contributed by atoms with E-state index in [0.717, 1.165) is 52.8 Å². The topological polar surface area (TPSA) is 48.2 Å². The Morgan fingerprint density at radius 3 is 2.25 bits per heavy atom. The van der Waals surface area contributed by atoms with E-state index in [4.69, 9.17) is 0 Å². The van der Waals surface area contributed by atoms with Gasteiger partial charge in [-0.05, 0) is 0 Å². The van der Waals surface area contributed by atoms with E-state index >= 15 is 0 Å². The number of hydrogen-bond acceptors (Lipinski definition) is 3. The van der Waals surface area contributed by atoms with Crippen LogP contribution in [-0.4, -0.2) is 25.7 Å². The maximum atomic E-state index is 10.2. The Kier molecular flexibility index (Phi) is 11.4. The van der Waals surface area contributed by atoms with Crippen LogP contribution in [0.25, 0.3) is 0 Å². The number of hydrogen-bond donors (Lipinski definition) is 1. The molecule has 0 unspecified atom stereocenters. The van der Waals surface area contributed by atoms with E-state index in [2.05, 4.69) is 117 Å². The van der Waals surface area contributed by atoms with Crippen molar-refractivity contribution in [3.8, 4) is 6.07 Å². The van der Waals surface area contributed by atoms with E-state index in [1.807, 2.05) is 14.0 Å². The zero-order valence-electron chi connectivity index (χ0n) is 24.8. The number of nitrogens with zero attached hydrogens (tertiary/aromatic N) is 2. The molecule has 4 heteroatoms. The molecule has 0 aliphatic carbocycles. The molecule has 0 aromatic heterocycles. The van der Waals surface area contributed by atoms with Crippen LogP contribution in [0.5, 0.6) is 0 Å². The summed E-state index contributed by atoms with van der Waals surface area (Å²) in [6, 6.07) is 8.97. The second kappa shape index (κ2) is 13.0. The minimum absolute atomic E-state index is 0.0460. The van der Waals surface area contributed by atoms with E-state index in [0.29, 0.717) is 11.6 Å². The quantitative estimate of drug-likeness (QED) is 0.148. The Balaban J connectivity index is 3.71. The first-order valence-electron chi connectivity index (χ1n) is 13.2. The summed E-state index contributed by atoms with van der Waals surface area (Å²) in [4.78, 5) is 4.67. The SMILES string of the molecule is B=C(C)/C(C(=C)Nc1ccc(C(C)C)cc1C(/C=C(\C)C(C)(C)C)=N/C)=C(/C#N)C(C)(C)CCCC. The molecule has 3 nitrogen and oxygen atoms in total. The van der Waals surface area contributed by atoms with Gasteiger partial charge >= 0.3 is 223 Å². The second-order valence-electron chi connectivity index (χ2n) is 11.9. The fraction of sp³-hybridized carbons (Fsp3) is 0.531. The van der Waals surface area contributed by atoms with Gasteiger partial charge in [-0.3, -0.25) is 0 Å². The monoisotopic (exact) mass is 485 g/mol. The Hall–Kier alpha value is -2.67. The van der Waals surface area contributed by atoms with Crippen LogP contribution in [0.1, 0.15) is 106 Å². The zero-order valence-corrected chi connectivity index (χ0v) is 24.8. The summed E-state index contributed by atoms with van der Waals surface area (Å²) < 4.78 is 0. The van der Waals surface area contributed by atoms with E-state index in [1.54, 1.807) is 0 Å². The number of allylic oxidation sites excluding steroid dienone is 4. The van der Waals surface area contributed by atoms with Crippen LogP contribution in [-0.2, 0) is 0 Å². The average molecular weight is 486 g/mol. The summed E-state index contributed by atoms with van der Waals surface area (Å²) in [5, 5.41) is 13.8. The third-order valence-corrected chi connectivity index (χ3v) is 6.97. The molecule has 194 valence electrons. The second-order valence-corrected chi connectivity index (χ2v) is 11.9. The summed E-state index contributed by atoms with van der Waals surface area (Å²) in [5.41, 5.74) is 8.22. The van der Waals surface area contributed by atoms with Crippen molar-refractivity contribution in [1.29, 1.82) is 5.26 Å². The Morgan fingerprint density at radius 1 is 1.19 bits per heavy atom. The molecule has 0 aliphatic rings. The molecule has 0 spiro atoms. The van der Waals surface area contributed by atoms with Crippen molar-refractivity contribution in [2.24, 2.45) is 15.8 Å². The molecule has 0 saturated heterocycles. The summed E-state index contributed by atoms with van der Waals surface area (Å²) >= 11 is 0. The molecule has 0 saturated carbocycles. The van der Waals surface area contributed by atoms with E-state index in [9.17, 15) is 5.26 Å². The molecule has 1 rings (SSSR count). The van der Waals surface area contributed by atoms with Crippen LogP contribution in [0.15, 0.2) is 58.3 Å². The number of unbranched alkanes of at least 4 members (excludes halogenated alkanes) is 1. The molecule has 1 aromatic rings. The van der Waals surface area contributed by atoms with Gasteiger partial charge in [0.2, 0.25) is 0 Å². The van der Waals surface area contributed by atoms with Crippen LogP contribution < -0.4 is 5.32 Å². The average Bonchev–Trinajstić information content (AvgIpc) is 2.78. The fourth-order valence-electron chi connectivity index (χ4n) is 4.06. The Labute approximate surface area is 222 Å². The van der Waals surface area contributed by atoms with Gasteiger partial charge in [0.15, 0.2) is 0 Å². The standard InChI is InChI=1S/C32H48BN3/c1-13-14-17-32(10,11)27(20-34)30(23(5)33)24(6)36-28-16-15-25(21(2)3)19-26(28)29(35-12)18-22(4)31(7,8)9/h15-16,18-19,21,33,36H,6,13-14,17H2,1-5,7-12H3/b22-18+,30-27+,35-29+. The van der Waals surface area contributed by atoms with Crippen molar-refractivity contribution in [3.05, 3.63) is 64.4 Å². The number of rotatable bonds is 11. The zero-order chi connectivity index (χ0) is 27.8. The molecule has 0 atom stereocenters. The first kappa shape index (κ1) is 31.4. The van der Waals surface area contributed by atoms with Crippen LogP contribution in [0.3, 0.4) is 0 Å². The third-order valence-electron chi connectivity index (χ3n) is 6.97. The van der Waals surface area contributed by atoms with Gasteiger partial charge in [0.25, 0.3) is 0 Å². The summed E-state index contributed by atoms with van der Waals surface area (Å²) in [6.07, 6.45) is 5.28. The van der Waals surface area contributed by atoms with E-state index in [-0.39, 0.29) is 10.8 Å². The van der Waals surface area contributed by atoms with Crippen molar-refractivity contribution in [2.45, 2.75) is 94.4 Å². The molecule has 1 aromatic carbocycles. The number of anilines is 1. The number of nitrogens with one attached hydrogen (secondary N) is 1. The van der Waals surface area contributed by atoms with Gasteiger partial charge in [-0.2, -0.15) is 0 Å². The third kappa shape index (κ3) is 8.19. The maximum absolute atomic E-state index is 10.2. The van der Waals surface area contributed by atoms with Gasteiger partial charge in [0.05, 0.1) is 0 Å². The Morgan fingerprint density at radius 2 is 1.81 bits per heavy atom. The summed E-state index contributed by atoms with van der Waals surface area (Å²) in [6.45, 7) is 26.0. The van der Waals surface area contributed by atoms with Crippen LogP contribution in [0.4, 0.5) is 5.69 Å². The molecule has 0 aliphatic heterocycles. The molecule has 1 N–H and O–H groups in total. The number of aliphatic imine (C=N–C) groups is 1. The number of nitriles is 1. The first-order valence-corrected chi connectivity index (χ1v) is 13.2. The first-order chi connectivity index (χ1) is 16.6. The number of benzene rings is 1. The summed E-state index contributed by atoms with van der Waals surface area (Å²) in [7, 11) is 6.05. The van der Waals surface area contributed by atoms with Crippen molar-refractivity contribution in [2.75, 3.05) is 12.4 Å². The van der Waals surface area contributed by atoms with Crippen LogP contribution in [0, 0.1) is 22.2 Å². The van der Waals surface area contributed by atoms with Gasteiger partial charge in [-0.1, -0.05) is 0 Å². The van der Waals surface area contributed by atoms with Gasteiger partial charge in [0.1, 0.15) is 0 Å².